The van der Waals surface area contributed by atoms with E-state index < -0.39 is 0 Å². The lowest BCUT2D eigenvalue weighted by molar-refractivity contribution is -0.134. The highest BCUT2D eigenvalue weighted by Crippen LogP contribution is 2.29. The summed E-state index contributed by atoms with van der Waals surface area (Å²) in [5.74, 6) is 0.239. The fraction of sp³-hybridized carbons (Fsp3) is 0.875. The average molecular weight is 169 g/mol. The summed E-state index contributed by atoms with van der Waals surface area (Å²) in [4.78, 5) is 11.6. The third-order valence-corrected chi connectivity index (χ3v) is 2.88. The molecule has 0 saturated carbocycles. The molecule has 3 N–H and O–H groups in total. The fourth-order valence-corrected chi connectivity index (χ4v) is 2.02. The van der Waals surface area contributed by atoms with Crippen LogP contribution in [0.25, 0.3) is 0 Å². The van der Waals surface area contributed by atoms with Gasteiger partial charge in [-0.25, -0.2) is 0 Å². The minimum Gasteiger partial charge on any atom is -0.343 e. The standard InChI is InChI=1S/C8H15N3O/c12-7-8(5-10-6-11-7)1-3-9-4-2-8/h9-10H,1-6H2,(H,11,12). The number of piperidine rings is 1. The van der Waals surface area contributed by atoms with Crippen molar-refractivity contribution < 1.29 is 4.79 Å². The van der Waals surface area contributed by atoms with Crippen LogP contribution in [-0.4, -0.2) is 32.2 Å². The molecule has 0 unspecified atom stereocenters. The molecule has 4 heteroatoms. The topological polar surface area (TPSA) is 53.2 Å². The molecule has 2 rings (SSSR count). The SMILES string of the molecule is O=C1NCNCC12CCNCC2. The number of rotatable bonds is 0. The van der Waals surface area contributed by atoms with Gasteiger partial charge in [-0.3, -0.25) is 10.1 Å². The Bertz CT molecular complexity index is 178. The monoisotopic (exact) mass is 169 g/mol. The lowest BCUT2D eigenvalue weighted by Crippen LogP contribution is -2.59. The van der Waals surface area contributed by atoms with Crippen LogP contribution >= 0.6 is 0 Å². The number of carbonyl (C=O) groups is 1. The van der Waals surface area contributed by atoms with Gasteiger partial charge >= 0.3 is 0 Å². The van der Waals surface area contributed by atoms with Gasteiger partial charge in [-0.15, -0.1) is 0 Å². The van der Waals surface area contributed by atoms with E-state index in [1.807, 2.05) is 0 Å². The van der Waals surface area contributed by atoms with Gasteiger partial charge in [0.25, 0.3) is 0 Å². The van der Waals surface area contributed by atoms with Crippen LogP contribution in [0.4, 0.5) is 0 Å². The zero-order valence-corrected chi connectivity index (χ0v) is 7.15. The molecule has 68 valence electrons. The highest BCUT2D eigenvalue weighted by Gasteiger charge is 2.40. The molecule has 4 nitrogen and oxygen atoms in total. The molecule has 0 aromatic carbocycles. The summed E-state index contributed by atoms with van der Waals surface area (Å²) in [5, 5.41) is 9.35. The molecule has 0 aromatic rings. The molecule has 0 atom stereocenters. The fourth-order valence-electron chi connectivity index (χ4n) is 2.02. The quantitative estimate of drug-likeness (QED) is 0.437. The molecule has 1 amide bonds. The predicted molar refractivity (Wildman–Crippen MR) is 45.5 cm³/mol. The van der Waals surface area contributed by atoms with E-state index in [4.69, 9.17) is 0 Å². The van der Waals surface area contributed by atoms with Gasteiger partial charge in [0.15, 0.2) is 0 Å². The van der Waals surface area contributed by atoms with Crippen molar-refractivity contribution in [1.29, 1.82) is 0 Å². The smallest absolute Gasteiger partial charge is 0.228 e. The molecule has 2 heterocycles. The van der Waals surface area contributed by atoms with Crippen molar-refractivity contribution in [2.75, 3.05) is 26.3 Å². The van der Waals surface area contributed by atoms with E-state index in [1.165, 1.54) is 0 Å². The summed E-state index contributed by atoms with van der Waals surface area (Å²) < 4.78 is 0. The van der Waals surface area contributed by atoms with Gasteiger partial charge in [-0.05, 0) is 25.9 Å². The third kappa shape index (κ3) is 1.21. The largest absolute Gasteiger partial charge is 0.343 e. The van der Waals surface area contributed by atoms with Crippen LogP contribution in [-0.2, 0) is 4.79 Å². The van der Waals surface area contributed by atoms with Crippen molar-refractivity contribution in [3.05, 3.63) is 0 Å². The molecule has 1 spiro atoms. The summed E-state index contributed by atoms with van der Waals surface area (Å²) in [7, 11) is 0. The lowest BCUT2D eigenvalue weighted by Gasteiger charge is -2.39. The second-order valence-corrected chi connectivity index (χ2v) is 3.64. The van der Waals surface area contributed by atoms with Crippen molar-refractivity contribution in [2.24, 2.45) is 5.41 Å². The van der Waals surface area contributed by atoms with E-state index in [-0.39, 0.29) is 11.3 Å². The summed E-state index contributed by atoms with van der Waals surface area (Å²) in [6, 6.07) is 0. The van der Waals surface area contributed by atoms with Crippen molar-refractivity contribution in [3.63, 3.8) is 0 Å². The van der Waals surface area contributed by atoms with Gasteiger partial charge < -0.3 is 10.6 Å². The molecule has 2 saturated heterocycles. The Morgan fingerprint density at radius 3 is 2.58 bits per heavy atom. The maximum absolute atomic E-state index is 11.6. The Labute approximate surface area is 72.1 Å². The van der Waals surface area contributed by atoms with Gasteiger partial charge in [0.1, 0.15) is 0 Å². The minimum absolute atomic E-state index is 0.108. The van der Waals surface area contributed by atoms with Crippen LogP contribution in [0.5, 0.6) is 0 Å². The Balaban J connectivity index is 2.09. The lowest BCUT2D eigenvalue weighted by atomic mass is 9.77. The second kappa shape index (κ2) is 3.03. The van der Waals surface area contributed by atoms with Crippen LogP contribution < -0.4 is 16.0 Å². The van der Waals surface area contributed by atoms with Crippen molar-refractivity contribution in [3.8, 4) is 0 Å². The maximum atomic E-state index is 11.6. The number of carbonyl (C=O) groups excluding carboxylic acids is 1. The number of amides is 1. The third-order valence-electron chi connectivity index (χ3n) is 2.88. The molecular formula is C8H15N3O. The molecule has 0 bridgehead atoms. The first kappa shape index (κ1) is 8.01. The number of hydrogen-bond donors (Lipinski definition) is 3. The second-order valence-electron chi connectivity index (χ2n) is 3.64. The number of hydrogen-bond acceptors (Lipinski definition) is 3. The highest BCUT2D eigenvalue weighted by molar-refractivity contribution is 5.83. The molecule has 2 fully saturated rings. The van der Waals surface area contributed by atoms with Crippen LogP contribution in [0.15, 0.2) is 0 Å². The van der Waals surface area contributed by atoms with Crippen LogP contribution in [0, 0.1) is 5.41 Å². The van der Waals surface area contributed by atoms with E-state index in [0.717, 1.165) is 32.5 Å². The summed E-state index contributed by atoms with van der Waals surface area (Å²) in [6.07, 6.45) is 1.93. The summed E-state index contributed by atoms with van der Waals surface area (Å²) in [5.41, 5.74) is -0.108. The van der Waals surface area contributed by atoms with Gasteiger partial charge in [0, 0.05) is 6.54 Å². The highest BCUT2D eigenvalue weighted by atomic mass is 16.2. The molecule has 0 aliphatic carbocycles. The molecule has 0 aromatic heterocycles. The molecule has 2 aliphatic rings. The van der Waals surface area contributed by atoms with Gasteiger partial charge in [-0.1, -0.05) is 0 Å². The van der Waals surface area contributed by atoms with Crippen LogP contribution in [0.2, 0.25) is 0 Å². The zero-order chi connectivity index (χ0) is 8.44. The first-order chi connectivity index (χ1) is 5.83. The Kier molecular flexibility index (Phi) is 2.02. The molecule has 12 heavy (non-hydrogen) atoms. The van der Waals surface area contributed by atoms with Crippen molar-refractivity contribution in [1.82, 2.24) is 16.0 Å². The van der Waals surface area contributed by atoms with Crippen LogP contribution in [0.3, 0.4) is 0 Å². The summed E-state index contributed by atoms with van der Waals surface area (Å²) in [6.45, 7) is 3.42. The number of nitrogens with one attached hydrogen (secondary N) is 3. The van der Waals surface area contributed by atoms with E-state index in [2.05, 4.69) is 16.0 Å². The van der Waals surface area contributed by atoms with Crippen molar-refractivity contribution in [2.45, 2.75) is 12.8 Å². The molecular weight excluding hydrogens is 154 g/mol. The normalized spacial score (nSPS) is 28.5. The molecule has 0 radical (unpaired) electrons. The Morgan fingerprint density at radius 2 is 1.92 bits per heavy atom. The van der Waals surface area contributed by atoms with Gasteiger partial charge in [0.05, 0.1) is 12.1 Å². The molecule has 2 aliphatic heterocycles. The van der Waals surface area contributed by atoms with Crippen molar-refractivity contribution >= 4 is 5.91 Å². The Morgan fingerprint density at radius 1 is 1.17 bits per heavy atom. The van der Waals surface area contributed by atoms with E-state index in [1.54, 1.807) is 0 Å². The van der Waals surface area contributed by atoms with Crippen LogP contribution in [0.1, 0.15) is 12.8 Å². The average Bonchev–Trinajstić information content (AvgIpc) is 2.12. The predicted octanol–water partition coefficient (Wildman–Crippen LogP) is -0.967. The zero-order valence-electron chi connectivity index (χ0n) is 7.15. The van der Waals surface area contributed by atoms with E-state index in [9.17, 15) is 4.79 Å². The van der Waals surface area contributed by atoms with Gasteiger partial charge in [0.2, 0.25) is 5.91 Å². The van der Waals surface area contributed by atoms with Gasteiger partial charge in [-0.2, -0.15) is 0 Å². The van der Waals surface area contributed by atoms with E-state index >= 15 is 0 Å². The Hall–Kier alpha value is -0.610. The maximum Gasteiger partial charge on any atom is 0.228 e. The van der Waals surface area contributed by atoms with E-state index in [0.29, 0.717) is 6.67 Å². The summed E-state index contributed by atoms with van der Waals surface area (Å²) >= 11 is 0. The first-order valence-electron chi connectivity index (χ1n) is 4.53. The minimum atomic E-state index is -0.108. The first-order valence-corrected chi connectivity index (χ1v) is 4.53.